The summed E-state index contributed by atoms with van der Waals surface area (Å²) >= 11 is 0. The van der Waals surface area contributed by atoms with E-state index in [-0.39, 0.29) is 5.82 Å². The van der Waals surface area contributed by atoms with E-state index in [0.717, 1.165) is 19.0 Å². The third-order valence-corrected chi connectivity index (χ3v) is 2.77. The van der Waals surface area contributed by atoms with Gasteiger partial charge in [-0.15, -0.1) is 0 Å². The van der Waals surface area contributed by atoms with Gasteiger partial charge in [0.25, 0.3) is 0 Å². The van der Waals surface area contributed by atoms with Gasteiger partial charge in [-0.05, 0) is 37.9 Å². The molecule has 3 nitrogen and oxygen atoms in total. The van der Waals surface area contributed by atoms with E-state index in [1.165, 1.54) is 25.1 Å². The van der Waals surface area contributed by atoms with Crippen LogP contribution in [-0.2, 0) is 6.18 Å². The predicted octanol–water partition coefficient (Wildman–Crippen LogP) is 2.65. The third-order valence-electron chi connectivity index (χ3n) is 2.77. The number of aromatic nitrogens is 1. The summed E-state index contributed by atoms with van der Waals surface area (Å²) in [5.74, 6) is -0.0866. The van der Waals surface area contributed by atoms with Crippen LogP contribution in [0.4, 0.5) is 19.0 Å². The Bertz CT molecular complexity index is 388. The van der Waals surface area contributed by atoms with Crippen molar-refractivity contribution in [2.75, 3.05) is 18.4 Å². The Morgan fingerprint density at radius 1 is 1.28 bits per heavy atom. The molecule has 1 aromatic rings. The molecule has 1 aliphatic carbocycles. The van der Waals surface area contributed by atoms with Crippen molar-refractivity contribution in [3.8, 4) is 0 Å². The van der Waals surface area contributed by atoms with Crippen LogP contribution in [0.15, 0.2) is 18.3 Å². The summed E-state index contributed by atoms with van der Waals surface area (Å²) in [6.07, 6.45) is 0.213. The lowest BCUT2D eigenvalue weighted by Gasteiger charge is -2.13. The molecular weight excluding hydrogens is 243 g/mol. The number of nitrogens with zero attached hydrogens (tertiary/aromatic N) is 1. The number of hydrogen-bond donors (Lipinski definition) is 2. The lowest BCUT2D eigenvalue weighted by atomic mass is 10.2. The first-order valence-corrected chi connectivity index (χ1v) is 6.07. The van der Waals surface area contributed by atoms with Crippen molar-refractivity contribution in [1.82, 2.24) is 10.3 Å². The van der Waals surface area contributed by atoms with E-state index in [1.54, 1.807) is 0 Å². The Kier molecular flexibility index (Phi) is 4.06. The van der Waals surface area contributed by atoms with Gasteiger partial charge in [-0.3, -0.25) is 0 Å². The van der Waals surface area contributed by atoms with Crippen LogP contribution in [-0.4, -0.2) is 24.1 Å². The second kappa shape index (κ2) is 5.56. The first-order chi connectivity index (χ1) is 8.57. The quantitative estimate of drug-likeness (QED) is 0.771. The topological polar surface area (TPSA) is 37.0 Å². The zero-order valence-corrected chi connectivity index (χ0v) is 9.93. The summed E-state index contributed by atoms with van der Waals surface area (Å²) in [7, 11) is 0. The Hall–Kier alpha value is -1.30. The summed E-state index contributed by atoms with van der Waals surface area (Å²) in [5.41, 5.74) is -0.708. The molecule has 1 aliphatic rings. The molecule has 1 heterocycles. The molecule has 18 heavy (non-hydrogen) atoms. The molecule has 0 radical (unpaired) electrons. The van der Waals surface area contributed by atoms with E-state index in [2.05, 4.69) is 15.6 Å². The monoisotopic (exact) mass is 259 g/mol. The molecule has 0 atom stereocenters. The number of anilines is 1. The highest BCUT2D eigenvalue weighted by molar-refractivity contribution is 5.45. The molecule has 100 valence electrons. The van der Waals surface area contributed by atoms with E-state index in [9.17, 15) is 13.2 Å². The van der Waals surface area contributed by atoms with Crippen LogP contribution in [0.2, 0.25) is 0 Å². The molecule has 0 unspecified atom stereocenters. The van der Waals surface area contributed by atoms with Crippen LogP contribution >= 0.6 is 0 Å². The molecule has 0 bridgehead atoms. The second-order valence-electron chi connectivity index (χ2n) is 4.41. The largest absolute Gasteiger partial charge is 0.419 e. The number of alkyl halides is 3. The molecule has 1 aromatic heterocycles. The van der Waals surface area contributed by atoms with Crippen LogP contribution < -0.4 is 10.6 Å². The highest BCUT2D eigenvalue weighted by atomic mass is 19.4. The average Bonchev–Trinajstić information content (AvgIpc) is 3.12. The Labute approximate surface area is 104 Å². The van der Waals surface area contributed by atoms with E-state index in [4.69, 9.17) is 0 Å². The summed E-state index contributed by atoms with van der Waals surface area (Å²) in [4.78, 5) is 3.74. The fraction of sp³-hybridized carbons (Fsp3) is 0.583. The van der Waals surface area contributed by atoms with E-state index in [0.29, 0.717) is 12.6 Å². The van der Waals surface area contributed by atoms with Gasteiger partial charge in [0.1, 0.15) is 5.82 Å². The summed E-state index contributed by atoms with van der Waals surface area (Å²) in [6, 6.07) is 2.96. The number of halogens is 3. The maximum absolute atomic E-state index is 12.6. The molecule has 2 N–H and O–H groups in total. The maximum atomic E-state index is 12.6. The van der Waals surface area contributed by atoms with Crippen molar-refractivity contribution in [2.45, 2.75) is 31.5 Å². The number of hydrogen-bond acceptors (Lipinski definition) is 3. The van der Waals surface area contributed by atoms with Gasteiger partial charge in [0.05, 0.1) is 5.56 Å². The second-order valence-corrected chi connectivity index (χ2v) is 4.41. The number of rotatable bonds is 6. The zero-order valence-electron chi connectivity index (χ0n) is 9.93. The molecule has 6 heteroatoms. The summed E-state index contributed by atoms with van der Waals surface area (Å²) < 4.78 is 37.9. The van der Waals surface area contributed by atoms with E-state index >= 15 is 0 Å². The standard InChI is InChI=1S/C12H16F3N3/c13-12(14,15)10-3-1-6-17-11(10)18-8-2-7-16-9-4-5-9/h1,3,6,9,16H,2,4-5,7-8H2,(H,17,18). The molecule has 0 spiro atoms. The molecule has 1 fully saturated rings. The van der Waals surface area contributed by atoms with Crippen molar-refractivity contribution in [1.29, 1.82) is 0 Å². The average molecular weight is 259 g/mol. The van der Waals surface area contributed by atoms with Gasteiger partial charge < -0.3 is 10.6 Å². The zero-order chi connectivity index (χ0) is 13.0. The lowest BCUT2D eigenvalue weighted by Crippen LogP contribution is -2.20. The van der Waals surface area contributed by atoms with Crippen molar-refractivity contribution in [3.63, 3.8) is 0 Å². The van der Waals surface area contributed by atoms with Gasteiger partial charge in [0.15, 0.2) is 0 Å². The van der Waals surface area contributed by atoms with Crippen LogP contribution in [0.3, 0.4) is 0 Å². The van der Waals surface area contributed by atoms with Crippen molar-refractivity contribution in [2.24, 2.45) is 0 Å². The van der Waals surface area contributed by atoms with Crippen LogP contribution in [0, 0.1) is 0 Å². The van der Waals surface area contributed by atoms with Crippen molar-refractivity contribution >= 4 is 5.82 Å². The van der Waals surface area contributed by atoms with Crippen molar-refractivity contribution in [3.05, 3.63) is 23.9 Å². The highest BCUT2D eigenvalue weighted by Crippen LogP contribution is 2.33. The molecule has 0 saturated heterocycles. The fourth-order valence-electron chi connectivity index (χ4n) is 1.66. The minimum atomic E-state index is -4.36. The molecular formula is C12H16F3N3. The normalized spacial score (nSPS) is 15.7. The van der Waals surface area contributed by atoms with Crippen molar-refractivity contribution < 1.29 is 13.2 Å². The number of nitrogens with one attached hydrogen (secondary N) is 2. The van der Waals surface area contributed by atoms with Gasteiger partial charge in [-0.1, -0.05) is 0 Å². The Morgan fingerprint density at radius 3 is 2.72 bits per heavy atom. The van der Waals surface area contributed by atoms with E-state index < -0.39 is 11.7 Å². The van der Waals surface area contributed by atoms with Gasteiger partial charge in [0.2, 0.25) is 0 Å². The van der Waals surface area contributed by atoms with Crippen LogP contribution in [0.1, 0.15) is 24.8 Å². The SMILES string of the molecule is FC(F)(F)c1cccnc1NCCCNC1CC1. The first kappa shape index (κ1) is 13.1. The predicted molar refractivity (Wildman–Crippen MR) is 63.4 cm³/mol. The van der Waals surface area contributed by atoms with Crippen LogP contribution in [0.25, 0.3) is 0 Å². The summed E-state index contributed by atoms with van der Waals surface area (Å²) in [6.45, 7) is 1.31. The minimum absolute atomic E-state index is 0.0866. The maximum Gasteiger partial charge on any atom is 0.419 e. The smallest absolute Gasteiger partial charge is 0.370 e. The molecule has 0 aromatic carbocycles. The molecule has 2 rings (SSSR count). The lowest BCUT2D eigenvalue weighted by molar-refractivity contribution is -0.137. The molecule has 0 amide bonds. The highest BCUT2D eigenvalue weighted by Gasteiger charge is 2.33. The molecule has 0 aliphatic heterocycles. The van der Waals surface area contributed by atoms with Gasteiger partial charge in [-0.25, -0.2) is 4.98 Å². The van der Waals surface area contributed by atoms with Gasteiger partial charge in [0, 0.05) is 18.8 Å². The Balaban J connectivity index is 1.80. The molecule has 1 saturated carbocycles. The first-order valence-electron chi connectivity index (χ1n) is 6.07. The summed E-state index contributed by atoms with van der Waals surface area (Å²) in [5, 5.41) is 6.05. The minimum Gasteiger partial charge on any atom is -0.370 e. The van der Waals surface area contributed by atoms with Gasteiger partial charge in [-0.2, -0.15) is 13.2 Å². The Morgan fingerprint density at radius 2 is 2.06 bits per heavy atom. The van der Waals surface area contributed by atoms with E-state index in [1.807, 2.05) is 0 Å². The van der Waals surface area contributed by atoms with Gasteiger partial charge >= 0.3 is 6.18 Å². The third kappa shape index (κ3) is 3.87. The number of pyridine rings is 1. The fourth-order valence-corrected chi connectivity index (χ4v) is 1.66. The van der Waals surface area contributed by atoms with Crippen LogP contribution in [0.5, 0.6) is 0 Å².